The first-order valence-corrected chi connectivity index (χ1v) is 16.7. The Morgan fingerprint density at radius 2 is 1.93 bits per heavy atom. The topological polar surface area (TPSA) is 112 Å². The molecule has 0 aromatic heterocycles. The lowest BCUT2D eigenvalue weighted by Crippen LogP contribution is -2.45. The molecule has 1 aliphatic carbocycles. The average Bonchev–Trinajstić information content (AvgIpc) is 3.76. The van der Waals surface area contributed by atoms with Crippen molar-refractivity contribution in [3.05, 3.63) is 70.3 Å². The summed E-state index contributed by atoms with van der Waals surface area (Å²) >= 11 is 6.30. The molecule has 11 heteroatoms. The van der Waals surface area contributed by atoms with E-state index in [2.05, 4.69) is 9.62 Å². The summed E-state index contributed by atoms with van der Waals surface area (Å²) in [6.07, 6.45) is 7.99. The Labute approximate surface area is 252 Å². The van der Waals surface area contributed by atoms with Gasteiger partial charge < -0.3 is 19.5 Å². The average molecular weight is 616 g/mol. The Morgan fingerprint density at radius 3 is 2.71 bits per heavy atom. The third-order valence-electron chi connectivity index (χ3n) is 8.86. The van der Waals surface area contributed by atoms with Crippen molar-refractivity contribution >= 4 is 33.4 Å². The van der Waals surface area contributed by atoms with Gasteiger partial charge in [0.05, 0.1) is 24.5 Å². The van der Waals surface area contributed by atoms with Crippen molar-refractivity contribution in [2.75, 3.05) is 37.7 Å². The maximum Gasteiger partial charge on any atom is 0.304 e. The molecule has 4 atom stereocenters. The number of hydrogen-bond donors (Lipinski definition) is 2. The Morgan fingerprint density at radius 1 is 1.07 bits per heavy atom. The fourth-order valence-corrected chi connectivity index (χ4v) is 7.57. The summed E-state index contributed by atoms with van der Waals surface area (Å²) in [7, 11) is -4.12. The van der Waals surface area contributed by atoms with Crippen molar-refractivity contribution in [2.45, 2.75) is 57.3 Å². The van der Waals surface area contributed by atoms with Crippen molar-refractivity contribution in [2.24, 2.45) is 11.8 Å². The summed E-state index contributed by atoms with van der Waals surface area (Å²) < 4.78 is 41.8. The van der Waals surface area contributed by atoms with Crippen LogP contribution >= 0.6 is 11.6 Å². The molecule has 2 bridgehead atoms. The molecule has 2 aromatic rings. The predicted molar refractivity (Wildman–Crippen MR) is 161 cm³/mol. The minimum atomic E-state index is -4.12. The van der Waals surface area contributed by atoms with Gasteiger partial charge in [0.15, 0.2) is 0 Å². The van der Waals surface area contributed by atoms with E-state index in [1.807, 2.05) is 24.3 Å². The lowest BCUT2D eigenvalue weighted by Gasteiger charge is -2.42. The number of anilines is 1. The van der Waals surface area contributed by atoms with Crippen LogP contribution in [0.2, 0.25) is 5.02 Å². The highest BCUT2D eigenvalue weighted by atomic mass is 35.5. The van der Waals surface area contributed by atoms with Crippen LogP contribution in [0.3, 0.4) is 0 Å². The zero-order valence-electron chi connectivity index (χ0n) is 23.6. The van der Waals surface area contributed by atoms with Crippen molar-refractivity contribution in [1.29, 1.82) is 0 Å². The van der Waals surface area contributed by atoms with Gasteiger partial charge in [-0.15, -0.1) is 0 Å². The molecule has 1 amide bonds. The summed E-state index contributed by atoms with van der Waals surface area (Å²) in [5.74, 6) is 0.345. The van der Waals surface area contributed by atoms with E-state index in [-0.39, 0.29) is 36.6 Å². The van der Waals surface area contributed by atoms with Gasteiger partial charge in [0, 0.05) is 36.8 Å². The van der Waals surface area contributed by atoms with Crippen molar-refractivity contribution in [1.82, 2.24) is 9.03 Å². The molecule has 6 rings (SSSR count). The fraction of sp³-hybridized carbons (Fsp3) is 0.516. The van der Waals surface area contributed by atoms with E-state index in [0.29, 0.717) is 37.0 Å². The summed E-state index contributed by atoms with van der Waals surface area (Å²) in [5.41, 5.74) is 3.23. The molecule has 1 unspecified atom stereocenters. The molecular formula is C31H38ClN3O6S. The van der Waals surface area contributed by atoms with Crippen LogP contribution in [0.25, 0.3) is 0 Å². The highest BCUT2D eigenvalue weighted by molar-refractivity contribution is 7.87. The van der Waals surface area contributed by atoms with Crippen LogP contribution < -0.4 is 14.4 Å². The number of nitrogens with zero attached hydrogens (tertiary/aromatic N) is 2. The molecule has 42 heavy (non-hydrogen) atoms. The number of carbonyl (C=O) groups is 1. The van der Waals surface area contributed by atoms with E-state index in [0.717, 1.165) is 49.9 Å². The second-order valence-electron chi connectivity index (χ2n) is 11.7. The van der Waals surface area contributed by atoms with Crippen LogP contribution in [0.15, 0.2) is 48.6 Å². The lowest BCUT2D eigenvalue weighted by molar-refractivity contribution is 0.0461. The number of amides is 1. The van der Waals surface area contributed by atoms with Gasteiger partial charge in [-0.2, -0.15) is 12.7 Å². The van der Waals surface area contributed by atoms with E-state index in [4.69, 9.17) is 21.1 Å². The van der Waals surface area contributed by atoms with E-state index in [1.165, 1.54) is 9.87 Å². The van der Waals surface area contributed by atoms with Crippen LogP contribution in [0.5, 0.6) is 5.75 Å². The highest BCUT2D eigenvalue weighted by Gasteiger charge is 2.37. The summed E-state index contributed by atoms with van der Waals surface area (Å²) in [4.78, 5) is 15.6. The van der Waals surface area contributed by atoms with Gasteiger partial charge in [0.2, 0.25) is 0 Å². The molecular weight excluding hydrogens is 578 g/mol. The van der Waals surface area contributed by atoms with E-state index < -0.39 is 22.2 Å². The molecule has 226 valence electrons. The van der Waals surface area contributed by atoms with Gasteiger partial charge in [-0.25, -0.2) is 4.72 Å². The van der Waals surface area contributed by atoms with Crippen LogP contribution in [0, 0.1) is 11.8 Å². The number of hydrogen-bond acceptors (Lipinski definition) is 7. The number of aliphatic hydroxyl groups is 1. The number of benzene rings is 2. The van der Waals surface area contributed by atoms with Crippen LogP contribution in [0.4, 0.5) is 5.69 Å². The van der Waals surface area contributed by atoms with Gasteiger partial charge in [-0.3, -0.25) is 4.79 Å². The number of carbonyl (C=O) groups excluding carboxylic acids is 1. The monoisotopic (exact) mass is 615 g/mol. The van der Waals surface area contributed by atoms with Crippen LogP contribution in [0.1, 0.15) is 53.6 Å². The zero-order chi connectivity index (χ0) is 29.3. The Hall–Kier alpha value is -2.63. The van der Waals surface area contributed by atoms with Gasteiger partial charge >= 0.3 is 10.2 Å². The lowest BCUT2D eigenvalue weighted by atomic mass is 9.70. The number of aryl methyl sites for hydroxylation is 1. The molecule has 1 saturated carbocycles. The number of rotatable bonds is 2. The number of fused-ring (bicyclic) bond motifs is 3. The molecule has 1 saturated heterocycles. The van der Waals surface area contributed by atoms with Gasteiger partial charge in [0.25, 0.3) is 5.91 Å². The van der Waals surface area contributed by atoms with Gasteiger partial charge in [0.1, 0.15) is 12.4 Å². The number of ether oxygens (including phenoxy) is 2. The quantitative estimate of drug-likeness (QED) is 0.387. The minimum absolute atomic E-state index is 0.120. The Kier molecular flexibility index (Phi) is 8.79. The molecule has 0 spiro atoms. The molecule has 2 N–H and O–H groups in total. The van der Waals surface area contributed by atoms with E-state index in [1.54, 1.807) is 24.3 Å². The van der Waals surface area contributed by atoms with Crippen LogP contribution in [-0.4, -0.2) is 68.7 Å². The maximum atomic E-state index is 13.4. The molecule has 2 aromatic carbocycles. The molecule has 0 radical (unpaired) electrons. The Balaban J connectivity index is 1.36. The van der Waals surface area contributed by atoms with Crippen molar-refractivity contribution in [3.63, 3.8) is 0 Å². The molecule has 9 nitrogen and oxygen atoms in total. The first kappa shape index (κ1) is 29.4. The minimum Gasteiger partial charge on any atom is -0.487 e. The summed E-state index contributed by atoms with van der Waals surface area (Å²) in [5, 5.41) is 11.7. The maximum absolute atomic E-state index is 13.4. The Bertz CT molecular complexity index is 1450. The summed E-state index contributed by atoms with van der Waals surface area (Å²) in [6, 6.07) is 11.0. The predicted octanol–water partition coefficient (Wildman–Crippen LogP) is 4.08. The van der Waals surface area contributed by atoms with Crippen LogP contribution in [-0.2, 0) is 28.0 Å². The number of halogens is 1. The number of epoxide rings is 1. The largest absolute Gasteiger partial charge is 0.487 e. The zero-order valence-corrected chi connectivity index (χ0v) is 25.2. The van der Waals surface area contributed by atoms with Gasteiger partial charge in [-0.05, 0) is 91.8 Å². The normalized spacial score (nSPS) is 29.0. The number of aliphatic hydroxyl groups excluding tert-OH is 1. The van der Waals surface area contributed by atoms with Gasteiger partial charge in [-0.1, -0.05) is 29.8 Å². The fourth-order valence-electron chi connectivity index (χ4n) is 6.18. The smallest absolute Gasteiger partial charge is 0.304 e. The molecule has 2 fully saturated rings. The second kappa shape index (κ2) is 12.5. The molecule has 3 heterocycles. The summed E-state index contributed by atoms with van der Waals surface area (Å²) in [6.45, 7) is 2.64. The standard InChI is InChI=1S/C31H38ClN3O6S/c32-25-10-7-24-19-41-30-12-9-22-16-28(30)34(13-3-1-5-21(24)15-25)17-23-8-11-27(23)29(36)6-2-4-14-35(18-26-20-40-26)42(38,39)33-31(22)37/h2,6-7,9-10,12,15-16,23,26-27,29,36H,1,3-5,8,11,13-14,17-20H2,(H,33,37)/b6-2+/t23-,26+,27+,29?/m0/s1. The van der Waals surface area contributed by atoms with E-state index >= 15 is 0 Å². The molecule has 3 aliphatic heterocycles. The first-order chi connectivity index (χ1) is 20.3. The first-order valence-electron chi connectivity index (χ1n) is 14.8. The second-order valence-corrected chi connectivity index (χ2v) is 13.9. The number of nitrogens with one attached hydrogen (secondary N) is 1. The third-order valence-corrected chi connectivity index (χ3v) is 10.5. The van der Waals surface area contributed by atoms with Crippen molar-refractivity contribution < 1.29 is 27.8 Å². The molecule has 4 aliphatic rings. The van der Waals surface area contributed by atoms with Crippen molar-refractivity contribution in [3.8, 4) is 5.75 Å². The SMILES string of the molecule is O=C1NS(=O)(=O)N(C[C@@H]2CO2)CC/C=C/C(O)[C@@H]2CC[C@H]2CN2CCCCc3cc(Cl)ccc3COc3ccc1cc32. The van der Waals surface area contributed by atoms with E-state index in [9.17, 15) is 18.3 Å². The highest BCUT2D eigenvalue weighted by Crippen LogP contribution is 2.41. The third kappa shape index (κ3) is 6.78.